The van der Waals surface area contributed by atoms with E-state index >= 15 is 0 Å². The summed E-state index contributed by atoms with van der Waals surface area (Å²) in [5, 5.41) is 5.42. The van der Waals surface area contributed by atoms with E-state index in [1.54, 1.807) is 25.6 Å². The molecule has 0 aliphatic carbocycles. The van der Waals surface area contributed by atoms with Gasteiger partial charge in [-0.05, 0) is 27.4 Å². The van der Waals surface area contributed by atoms with Crippen molar-refractivity contribution in [3.8, 4) is 11.5 Å². The van der Waals surface area contributed by atoms with Crippen LogP contribution in [0.1, 0.15) is 4.88 Å². The monoisotopic (exact) mass is 327 g/mol. The van der Waals surface area contributed by atoms with E-state index in [0.29, 0.717) is 0 Å². The fourth-order valence-corrected chi connectivity index (χ4v) is 2.98. The van der Waals surface area contributed by atoms with Gasteiger partial charge in [0.1, 0.15) is 11.5 Å². The van der Waals surface area contributed by atoms with Crippen molar-refractivity contribution in [3.63, 3.8) is 0 Å². The third kappa shape index (κ3) is 3.17. The number of ether oxygens (including phenoxy) is 2. The quantitative estimate of drug-likeness (QED) is 0.895. The van der Waals surface area contributed by atoms with E-state index < -0.39 is 0 Å². The maximum absolute atomic E-state index is 5.23. The third-order valence-electron chi connectivity index (χ3n) is 2.50. The number of halogens is 1. The standard InChI is InChI=1S/C13H14BrNO2S/c1-16-10-5-9(6-11(7-10)17-2)15-8-13-12(14)3-4-18-13/h3-7,15H,8H2,1-2H3. The van der Waals surface area contributed by atoms with E-state index in [1.165, 1.54) is 4.88 Å². The first-order chi connectivity index (χ1) is 8.72. The van der Waals surface area contributed by atoms with Crippen molar-refractivity contribution in [1.82, 2.24) is 0 Å². The van der Waals surface area contributed by atoms with Crippen LogP contribution in [0.2, 0.25) is 0 Å². The first kappa shape index (κ1) is 13.2. The van der Waals surface area contributed by atoms with Crippen LogP contribution in [0.5, 0.6) is 11.5 Å². The zero-order valence-corrected chi connectivity index (χ0v) is 12.6. The lowest BCUT2D eigenvalue weighted by Crippen LogP contribution is -1.99. The summed E-state index contributed by atoms with van der Waals surface area (Å²) in [5.41, 5.74) is 0.978. The summed E-state index contributed by atoms with van der Waals surface area (Å²) in [6.07, 6.45) is 0. The smallest absolute Gasteiger partial charge is 0.124 e. The summed E-state index contributed by atoms with van der Waals surface area (Å²) < 4.78 is 11.6. The van der Waals surface area contributed by atoms with Crippen LogP contribution >= 0.6 is 27.3 Å². The second-order valence-electron chi connectivity index (χ2n) is 3.65. The molecule has 18 heavy (non-hydrogen) atoms. The summed E-state index contributed by atoms with van der Waals surface area (Å²) in [5.74, 6) is 1.56. The van der Waals surface area contributed by atoms with Crippen molar-refractivity contribution in [1.29, 1.82) is 0 Å². The van der Waals surface area contributed by atoms with Crippen molar-refractivity contribution in [3.05, 3.63) is 39.0 Å². The minimum atomic E-state index is 0.772. The molecule has 0 fully saturated rings. The van der Waals surface area contributed by atoms with Gasteiger partial charge in [0, 0.05) is 33.2 Å². The fourth-order valence-electron chi connectivity index (χ4n) is 1.54. The van der Waals surface area contributed by atoms with Gasteiger partial charge in [-0.25, -0.2) is 0 Å². The van der Waals surface area contributed by atoms with Gasteiger partial charge in [0.2, 0.25) is 0 Å². The van der Waals surface area contributed by atoms with Crippen LogP contribution in [0.4, 0.5) is 5.69 Å². The van der Waals surface area contributed by atoms with Crippen molar-refractivity contribution in [2.45, 2.75) is 6.54 Å². The molecule has 1 aromatic heterocycles. The molecule has 96 valence electrons. The third-order valence-corrected chi connectivity index (χ3v) is 4.42. The van der Waals surface area contributed by atoms with Gasteiger partial charge in [-0.3, -0.25) is 0 Å². The highest BCUT2D eigenvalue weighted by molar-refractivity contribution is 9.10. The first-order valence-corrected chi connectivity index (χ1v) is 7.09. The zero-order chi connectivity index (χ0) is 13.0. The number of nitrogens with one attached hydrogen (secondary N) is 1. The molecular formula is C13H14BrNO2S. The van der Waals surface area contributed by atoms with Crippen molar-refractivity contribution in [2.24, 2.45) is 0 Å². The van der Waals surface area contributed by atoms with Gasteiger partial charge in [-0.2, -0.15) is 0 Å². The molecule has 1 heterocycles. The summed E-state index contributed by atoms with van der Waals surface area (Å²) >= 11 is 5.23. The minimum absolute atomic E-state index is 0.772. The number of methoxy groups -OCH3 is 2. The lowest BCUT2D eigenvalue weighted by atomic mass is 10.2. The Labute approximate surface area is 119 Å². The van der Waals surface area contributed by atoms with Crippen LogP contribution in [0.25, 0.3) is 0 Å². The molecule has 0 atom stereocenters. The van der Waals surface area contributed by atoms with E-state index in [9.17, 15) is 0 Å². The van der Waals surface area contributed by atoms with Gasteiger partial charge in [-0.15, -0.1) is 11.3 Å². The SMILES string of the molecule is COc1cc(NCc2sccc2Br)cc(OC)c1. The highest BCUT2D eigenvalue weighted by atomic mass is 79.9. The van der Waals surface area contributed by atoms with E-state index in [1.807, 2.05) is 24.3 Å². The molecule has 1 N–H and O–H groups in total. The molecule has 0 aliphatic heterocycles. The van der Waals surface area contributed by atoms with Crippen LogP contribution in [-0.4, -0.2) is 14.2 Å². The minimum Gasteiger partial charge on any atom is -0.497 e. The summed E-state index contributed by atoms with van der Waals surface area (Å²) in [6, 6.07) is 7.80. The van der Waals surface area contributed by atoms with Crippen LogP contribution in [0.15, 0.2) is 34.1 Å². The fraction of sp³-hybridized carbons (Fsp3) is 0.231. The van der Waals surface area contributed by atoms with Crippen LogP contribution in [0.3, 0.4) is 0 Å². The Bertz CT molecular complexity index is 505. The average molecular weight is 328 g/mol. The summed E-state index contributed by atoms with van der Waals surface area (Å²) in [7, 11) is 3.29. The van der Waals surface area contributed by atoms with Crippen molar-refractivity contribution >= 4 is 33.0 Å². The molecule has 0 saturated carbocycles. The van der Waals surface area contributed by atoms with Crippen molar-refractivity contribution in [2.75, 3.05) is 19.5 Å². The van der Waals surface area contributed by atoms with E-state index in [0.717, 1.165) is 28.2 Å². The Balaban J connectivity index is 2.11. The Kier molecular flexibility index (Phi) is 4.49. The van der Waals surface area contributed by atoms with Crippen molar-refractivity contribution < 1.29 is 9.47 Å². The van der Waals surface area contributed by atoms with Gasteiger partial charge in [0.25, 0.3) is 0 Å². The Morgan fingerprint density at radius 1 is 1.17 bits per heavy atom. The lowest BCUT2D eigenvalue weighted by Gasteiger charge is -2.10. The molecule has 0 saturated heterocycles. The molecule has 2 aromatic rings. The van der Waals surface area contributed by atoms with Gasteiger partial charge in [-0.1, -0.05) is 0 Å². The summed E-state index contributed by atoms with van der Waals surface area (Å²) in [4.78, 5) is 1.26. The number of hydrogen-bond acceptors (Lipinski definition) is 4. The maximum Gasteiger partial charge on any atom is 0.124 e. The van der Waals surface area contributed by atoms with Crippen LogP contribution in [0, 0.1) is 0 Å². The maximum atomic E-state index is 5.23. The highest BCUT2D eigenvalue weighted by Crippen LogP contribution is 2.28. The molecule has 0 aliphatic rings. The van der Waals surface area contributed by atoms with E-state index in [4.69, 9.17) is 9.47 Å². The normalized spacial score (nSPS) is 10.2. The molecular weight excluding hydrogens is 314 g/mol. The molecule has 0 bridgehead atoms. The van der Waals surface area contributed by atoms with Gasteiger partial charge >= 0.3 is 0 Å². The van der Waals surface area contributed by atoms with Gasteiger partial charge in [0.05, 0.1) is 20.8 Å². The largest absolute Gasteiger partial charge is 0.497 e. The van der Waals surface area contributed by atoms with Crippen LogP contribution < -0.4 is 14.8 Å². The number of anilines is 1. The molecule has 0 radical (unpaired) electrons. The van der Waals surface area contributed by atoms with Gasteiger partial charge in [0.15, 0.2) is 0 Å². The molecule has 5 heteroatoms. The zero-order valence-electron chi connectivity index (χ0n) is 10.2. The molecule has 0 unspecified atom stereocenters. The number of thiophene rings is 1. The number of rotatable bonds is 5. The Morgan fingerprint density at radius 2 is 1.83 bits per heavy atom. The Morgan fingerprint density at radius 3 is 2.33 bits per heavy atom. The molecule has 0 spiro atoms. The van der Waals surface area contributed by atoms with Gasteiger partial charge < -0.3 is 14.8 Å². The molecule has 2 rings (SSSR count). The van der Waals surface area contributed by atoms with Crippen LogP contribution in [-0.2, 0) is 6.54 Å². The Hall–Kier alpha value is -1.20. The first-order valence-electron chi connectivity index (χ1n) is 5.41. The lowest BCUT2D eigenvalue weighted by molar-refractivity contribution is 0.394. The average Bonchev–Trinajstić information content (AvgIpc) is 2.81. The summed E-state index contributed by atoms with van der Waals surface area (Å²) in [6.45, 7) is 0.772. The van der Waals surface area contributed by atoms with E-state index in [-0.39, 0.29) is 0 Å². The predicted octanol–water partition coefficient (Wildman–Crippen LogP) is 4.14. The predicted molar refractivity (Wildman–Crippen MR) is 78.9 cm³/mol. The second kappa shape index (κ2) is 6.11. The molecule has 1 aromatic carbocycles. The topological polar surface area (TPSA) is 30.5 Å². The van der Waals surface area contributed by atoms with E-state index in [2.05, 4.69) is 26.6 Å². The molecule has 3 nitrogen and oxygen atoms in total. The second-order valence-corrected chi connectivity index (χ2v) is 5.50. The number of hydrogen-bond donors (Lipinski definition) is 1. The molecule has 0 amide bonds. The number of benzene rings is 1. The highest BCUT2D eigenvalue weighted by Gasteiger charge is 2.04.